The molecule has 3 amide bonds. The highest BCUT2D eigenvalue weighted by Crippen LogP contribution is 2.30. The monoisotopic (exact) mass is 575 g/mol. The molecule has 0 spiro atoms. The number of halogens is 2. The molecule has 1 unspecified atom stereocenters. The topological polar surface area (TPSA) is 128 Å². The number of hydroxylamine groups is 1. The van der Waals surface area contributed by atoms with Crippen molar-refractivity contribution in [2.24, 2.45) is 5.73 Å². The summed E-state index contributed by atoms with van der Waals surface area (Å²) in [7, 11) is 0. The average Bonchev–Trinajstić information content (AvgIpc) is 3.28. The van der Waals surface area contributed by atoms with E-state index in [1.807, 2.05) is 18.2 Å². The largest absolute Gasteiger partial charge is 0.350 e. The normalized spacial score (nSPS) is 22.2. The van der Waals surface area contributed by atoms with E-state index in [2.05, 4.69) is 22.3 Å². The quantitative estimate of drug-likeness (QED) is 0.255. The summed E-state index contributed by atoms with van der Waals surface area (Å²) in [6.45, 7) is 1.19. The molecule has 9 nitrogen and oxygen atoms in total. The van der Waals surface area contributed by atoms with Crippen molar-refractivity contribution in [3.63, 3.8) is 0 Å². The van der Waals surface area contributed by atoms with Crippen molar-refractivity contribution < 1.29 is 19.6 Å². The van der Waals surface area contributed by atoms with Gasteiger partial charge >= 0.3 is 0 Å². The molecule has 2 heterocycles. The van der Waals surface area contributed by atoms with E-state index in [0.717, 1.165) is 18.4 Å². The maximum Gasteiger partial charge on any atom is 0.243 e. The zero-order chi connectivity index (χ0) is 27.9. The molecule has 4 atom stereocenters. The van der Waals surface area contributed by atoms with E-state index in [4.69, 9.17) is 34.1 Å². The molecule has 2 saturated heterocycles. The van der Waals surface area contributed by atoms with Crippen LogP contribution in [0.3, 0.4) is 0 Å². The van der Waals surface area contributed by atoms with Crippen LogP contribution < -0.4 is 16.5 Å². The lowest BCUT2D eigenvalue weighted by Crippen LogP contribution is -2.53. The zero-order valence-electron chi connectivity index (χ0n) is 21.7. The molecular formula is C28H35Cl2N5O4. The Morgan fingerprint density at radius 2 is 1.87 bits per heavy atom. The van der Waals surface area contributed by atoms with Crippen LogP contribution in [0.1, 0.15) is 43.2 Å². The van der Waals surface area contributed by atoms with E-state index in [-0.39, 0.29) is 43.3 Å². The Kier molecular flexibility index (Phi) is 10.2. The number of amides is 3. The van der Waals surface area contributed by atoms with Gasteiger partial charge in [-0.1, -0.05) is 59.6 Å². The molecule has 2 fully saturated rings. The standard InChI is InChI=1S/C28H35Cl2N5O4/c29-22-9-7-19(14-23(22)30)16-32-27(37)24(10-11-26(36)33-39)34-13-12-21(8-6-18-4-2-1-3-5-18)35-17-20(31)15-25(35)28(34)38/h1-5,7,9,14,20-21,24-25,39H,6,8,10-13,15-17,31H2,(H,32,37)(H,33,36)/t20-,21?,24-,25+/m1/s1. The van der Waals surface area contributed by atoms with Gasteiger partial charge in [0.15, 0.2) is 0 Å². The fourth-order valence-electron chi connectivity index (χ4n) is 5.60. The van der Waals surface area contributed by atoms with Crippen LogP contribution in [0, 0.1) is 0 Å². The molecule has 2 aromatic carbocycles. The number of aryl methyl sites for hydroxylation is 1. The number of benzene rings is 2. The summed E-state index contributed by atoms with van der Waals surface area (Å²) in [5.74, 6) is -1.15. The molecule has 0 bridgehead atoms. The van der Waals surface area contributed by atoms with Crippen LogP contribution in [0.15, 0.2) is 48.5 Å². The van der Waals surface area contributed by atoms with Gasteiger partial charge in [0.05, 0.1) is 16.1 Å². The number of carbonyl (C=O) groups is 3. The first kappa shape index (κ1) is 29.3. The maximum absolute atomic E-state index is 13.9. The van der Waals surface area contributed by atoms with Crippen molar-refractivity contribution >= 4 is 40.9 Å². The SMILES string of the molecule is N[C@@H]1C[C@H]2C(=O)N([C@H](CCC(=O)NO)C(=O)NCc3ccc(Cl)c(Cl)c3)CCC(CCc3ccccc3)N2C1. The Morgan fingerprint density at radius 3 is 2.59 bits per heavy atom. The lowest BCUT2D eigenvalue weighted by Gasteiger charge is -2.32. The summed E-state index contributed by atoms with van der Waals surface area (Å²) in [5, 5.41) is 12.7. The number of nitrogens with two attached hydrogens (primary N) is 1. The zero-order valence-corrected chi connectivity index (χ0v) is 23.2. The van der Waals surface area contributed by atoms with Gasteiger partial charge in [-0.05, 0) is 55.4 Å². The molecule has 11 heteroatoms. The smallest absolute Gasteiger partial charge is 0.243 e. The van der Waals surface area contributed by atoms with E-state index < -0.39 is 18.0 Å². The van der Waals surface area contributed by atoms with Gasteiger partial charge in [0, 0.05) is 38.1 Å². The fraction of sp³-hybridized carbons (Fsp3) is 0.464. The Labute approximate surface area is 238 Å². The highest BCUT2D eigenvalue weighted by molar-refractivity contribution is 6.42. The number of carbonyl (C=O) groups excluding carboxylic acids is 3. The van der Waals surface area contributed by atoms with Gasteiger partial charge in [0.2, 0.25) is 17.7 Å². The molecule has 0 radical (unpaired) electrons. The van der Waals surface area contributed by atoms with Crippen molar-refractivity contribution in [2.45, 2.75) is 69.2 Å². The van der Waals surface area contributed by atoms with Gasteiger partial charge in [-0.2, -0.15) is 0 Å². The maximum atomic E-state index is 13.9. The summed E-state index contributed by atoms with van der Waals surface area (Å²) in [5.41, 5.74) is 9.91. The first-order valence-corrected chi connectivity index (χ1v) is 14.0. The van der Waals surface area contributed by atoms with Crippen molar-refractivity contribution in [2.75, 3.05) is 13.1 Å². The second kappa shape index (κ2) is 13.6. The molecule has 0 saturated carbocycles. The highest BCUT2D eigenvalue weighted by atomic mass is 35.5. The van der Waals surface area contributed by atoms with Gasteiger partial charge in [-0.25, -0.2) is 5.48 Å². The predicted octanol–water partition coefficient (Wildman–Crippen LogP) is 2.90. The summed E-state index contributed by atoms with van der Waals surface area (Å²) in [4.78, 5) is 43.0. The minimum absolute atomic E-state index is 0.0683. The molecule has 39 heavy (non-hydrogen) atoms. The number of hydrogen-bond acceptors (Lipinski definition) is 6. The van der Waals surface area contributed by atoms with Crippen LogP contribution in [-0.4, -0.2) is 70.0 Å². The number of nitrogens with one attached hydrogen (secondary N) is 2. The molecule has 2 aliphatic rings. The van der Waals surface area contributed by atoms with E-state index >= 15 is 0 Å². The van der Waals surface area contributed by atoms with E-state index in [1.165, 1.54) is 5.56 Å². The van der Waals surface area contributed by atoms with Gasteiger partial charge < -0.3 is 16.0 Å². The van der Waals surface area contributed by atoms with Crippen LogP contribution in [0.5, 0.6) is 0 Å². The minimum Gasteiger partial charge on any atom is -0.350 e. The number of hydrogen-bond donors (Lipinski definition) is 4. The van der Waals surface area contributed by atoms with E-state index in [1.54, 1.807) is 28.6 Å². The number of nitrogens with zero attached hydrogens (tertiary/aromatic N) is 2. The van der Waals surface area contributed by atoms with E-state index in [0.29, 0.717) is 36.0 Å². The van der Waals surface area contributed by atoms with Crippen LogP contribution in [0.25, 0.3) is 0 Å². The predicted molar refractivity (Wildman–Crippen MR) is 149 cm³/mol. The van der Waals surface area contributed by atoms with Crippen LogP contribution in [-0.2, 0) is 27.3 Å². The molecule has 210 valence electrons. The summed E-state index contributed by atoms with van der Waals surface area (Å²) >= 11 is 12.1. The molecule has 2 aromatic rings. The molecule has 4 rings (SSSR count). The molecule has 0 aliphatic carbocycles. The number of fused-ring (bicyclic) bond motifs is 1. The Bertz CT molecular complexity index is 1170. The second-order valence-corrected chi connectivity index (χ2v) is 11.1. The first-order valence-electron chi connectivity index (χ1n) is 13.3. The van der Waals surface area contributed by atoms with Crippen molar-refractivity contribution in [1.82, 2.24) is 20.6 Å². The molecular weight excluding hydrogens is 541 g/mol. The van der Waals surface area contributed by atoms with Crippen molar-refractivity contribution in [3.05, 3.63) is 69.7 Å². The minimum atomic E-state index is -0.885. The summed E-state index contributed by atoms with van der Waals surface area (Å²) < 4.78 is 0. The van der Waals surface area contributed by atoms with Gasteiger partial charge in [0.1, 0.15) is 6.04 Å². The van der Waals surface area contributed by atoms with Gasteiger partial charge in [0.25, 0.3) is 0 Å². The summed E-state index contributed by atoms with van der Waals surface area (Å²) in [6, 6.07) is 14.0. The first-order chi connectivity index (χ1) is 18.8. The third kappa shape index (κ3) is 7.49. The molecule has 0 aromatic heterocycles. The summed E-state index contributed by atoms with van der Waals surface area (Å²) in [6.07, 6.45) is 2.91. The Morgan fingerprint density at radius 1 is 1.10 bits per heavy atom. The lowest BCUT2D eigenvalue weighted by molar-refractivity contribution is -0.143. The van der Waals surface area contributed by atoms with Crippen LogP contribution >= 0.6 is 23.2 Å². The van der Waals surface area contributed by atoms with Crippen LogP contribution in [0.4, 0.5) is 0 Å². The van der Waals surface area contributed by atoms with Gasteiger partial charge in [-0.3, -0.25) is 24.5 Å². The average molecular weight is 577 g/mol. The lowest BCUT2D eigenvalue weighted by atomic mass is 10.0. The number of rotatable bonds is 10. The van der Waals surface area contributed by atoms with Crippen LogP contribution in [0.2, 0.25) is 10.0 Å². The third-order valence-electron chi connectivity index (χ3n) is 7.62. The Balaban J connectivity index is 1.51. The van der Waals surface area contributed by atoms with Crippen molar-refractivity contribution in [1.29, 1.82) is 0 Å². The van der Waals surface area contributed by atoms with E-state index in [9.17, 15) is 14.4 Å². The van der Waals surface area contributed by atoms with Gasteiger partial charge in [-0.15, -0.1) is 0 Å². The fourth-order valence-corrected chi connectivity index (χ4v) is 5.92. The van der Waals surface area contributed by atoms with Crippen molar-refractivity contribution in [3.8, 4) is 0 Å². The molecule has 2 aliphatic heterocycles. The highest BCUT2D eigenvalue weighted by Gasteiger charge is 2.45. The Hall–Kier alpha value is -2.69. The third-order valence-corrected chi connectivity index (χ3v) is 8.36. The molecule has 5 N–H and O–H groups in total. The second-order valence-electron chi connectivity index (χ2n) is 10.3.